The summed E-state index contributed by atoms with van der Waals surface area (Å²) in [4.78, 5) is 2.07. The predicted octanol–water partition coefficient (Wildman–Crippen LogP) is -0.308. The van der Waals surface area contributed by atoms with Crippen molar-refractivity contribution in [2.24, 2.45) is 0 Å². The van der Waals surface area contributed by atoms with Crippen molar-refractivity contribution in [3.05, 3.63) is 0 Å². The number of nitrogens with zero attached hydrogens (tertiary/aromatic N) is 1. The van der Waals surface area contributed by atoms with E-state index in [9.17, 15) is 0 Å². The molecule has 0 bridgehead atoms. The van der Waals surface area contributed by atoms with Crippen molar-refractivity contribution in [1.82, 2.24) is 4.90 Å². The third-order valence-corrected chi connectivity index (χ3v) is 1.66. The fourth-order valence-electron chi connectivity index (χ4n) is 1.000. The Morgan fingerprint density at radius 2 is 1.50 bits per heavy atom. The number of aliphatic hydroxyl groups is 2. The molecule has 0 fully saturated rings. The van der Waals surface area contributed by atoms with Gasteiger partial charge in [-0.05, 0) is 13.0 Å². The monoisotopic (exact) mass is 184 g/mol. The van der Waals surface area contributed by atoms with Crippen LogP contribution in [0.1, 0.15) is 19.8 Å². The number of aliphatic hydroxyl groups excluding tert-OH is 2. The Kier molecular flexibility index (Phi) is 15.2. The molecule has 0 atom stereocenters. The molecule has 0 aromatic rings. The van der Waals surface area contributed by atoms with E-state index >= 15 is 0 Å². The second-order valence-corrected chi connectivity index (χ2v) is 2.64. The first kappa shape index (κ1) is 15.4. The summed E-state index contributed by atoms with van der Waals surface area (Å²) in [6.45, 7) is 4.85. The summed E-state index contributed by atoms with van der Waals surface area (Å²) in [5.41, 5.74) is 0. The van der Waals surface area contributed by atoms with Gasteiger partial charge in [0.15, 0.2) is 0 Å². The zero-order chi connectivity index (χ0) is 8.53. The van der Waals surface area contributed by atoms with Crippen LogP contribution in [-0.4, -0.2) is 77.5 Å². The quantitative estimate of drug-likeness (QED) is 0.533. The SMILES string of the molecule is CCCCN(CCO)CCO.[Na]. The molecule has 69 valence electrons. The van der Waals surface area contributed by atoms with Crippen molar-refractivity contribution in [1.29, 1.82) is 0 Å². The molecule has 0 heterocycles. The number of unbranched alkanes of at least 4 members (excludes halogenated alkanes) is 1. The minimum atomic E-state index is 0. The fraction of sp³-hybridized carbons (Fsp3) is 1.00. The van der Waals surface area contributed by atoms with Crippen LogP contribution in [0.3, 0.4) is 0 Å². The number of hydrogen-bond donors (Lipinski definition) is 2. The Bertz CT molecular complexity index is 77.5. The van der Waals surface area contributed by atoms with E-state index in [1.54, 1.807) is 0 Å². The van der Waals surface area contributed by atoms with Gasteiger partial charge in [0.2, 0.25) is 0 Å². The molecular weight excluding hydrogens is 165 g/mol. The average Bonchev–Trinajstić information content (AvgIpc) is 2.01. The Hall–Kier alpha value is 0.880. The molecule has 0 aliphatic heterocycles. The molecule has 0 aromatic carbocycles. The largest absolute Gasteiger partial charge is 0.395 e. The maximum atomic E-state index is 8.64. The van der Waals surface area contributed by atoms with E-state index in [2.05, 4.69) is 11.8 Å². The summed E-state index contributed by atoms with van der Waals surface area (Å²) in [5, 5.41) is 17.3. The van der Waals surface area contributed by atoms with Gasteiger partial charge in [-0.25, -0.2) is 0 Å². The Labute approximate surface area is 97.1 Å². The summed E-state index contributed by atoms with van der Waals surface area (Å²) in [7, 11) is 0. The van der Waals surface area contributed by atoms with E-state index in [1.165, 1.54) is 0 Å². The predicted molar refractivity (Wildman–Crippen MR) is 51.3 cm³/mol. The molecular formula is C8H19NNaO2. The van der Waals surface area contributed by atoms with Gasteiger partial charge in [-0.15, -0.1) is 0 Å². The van der Waals surface area contributed by atoms with Gasteiger partial charge in [-0.2, -0.15) is 0 Å². The first-order chi connectivity index (χ1) is 5.35. The van der Waals surface area contributed by atoms with Crippen LogP contribution in [-0.2, 0) is 0 Å². The van der Waals surface area contributed by atoms with Crippen molar-refractivity contribution < 1.29 is 10.2 Å². The zero-order valence-corrected chi connectivity index (χ0v) is 10.3. The van der Waals surface area contributed by atoms with Crippen LogP contribution in [0, 0.1) is 0 Å². The molecule has 0 saturated carbocycles. The molecule has 4 heteroatoms. The molecule has 0 aliphatic carbocycles. The van der Waals surface area contributed by atoms with Crippen LogP contribution in [0.15, 0.2) is 0 Å². The van der Waals surface area contributed by atoms with Gasteiger partial charge in [0.25, 0.3) is 0 Å². The smallest absolute Gasteiger partial charge is 0.0558 e. The van der Waals surface area contributed by atoms with Crippen molar-refractivity contribution in [2.45, 2.75) is 19.8 Å². The number of rotatable bonds is 7. The second kappa shape index (κ2) is 11.9. The van der Waals surface area contributed by atoms with Crippen LogP contribution >= 0.6 is 0 Å². The summed E-state index contributed by atoms with van der Waals surface area (Å²) in [5.74, 6) is 0. The van der Waals surface area contributed by atoms with Gasteiger partial charge < -0.3 is 10.2 Å². The van der Waals surface area contributed by atoms with E-state index in [0.29, 0.717) is 13.1 Å². The topological polar surface area (TPSA) is 43.7 Å². The van der Waals surface area contributed by atoms with Gasteiger partial charge in [0, 0.05) is 42.6 Å². The van der Waals surface area contributed by atoms with Crippen LogP contribution in [0.5, 0.6) is 0 Å². The van der Waals surface area contributed by atoms with E-state index in [0.717, 1.165) is 19.4 Å². The first-order valence-corrected chi connectivity index (χ1v) is 4.29. The molecule has 0 rings (SSSR count). The van der Waals surface area contributed by atoms with Crippen LogP contribution < -0.4 is 0 Å². The summed E-state index contributed by atoms with van der Waals surface area (Å²) >= 11 is 0. The zero-order valence-electron chi connectivity index (χ0n) is 8.29. The molecule has 12 heavy (non-hydrogen) atoms. The third-order valence-electron chi connectivity index (χ3n) is 1.66. The molecule has 1 radical (unpaired) electrons. The maximum Gasteiger partial charge on any atom is 0.0558 e. The van der Waals surface area contributed by atoms with Crippen LogP contribution in [0.25, 0.3) is 0 Å². The minimum absolute atomic E-state index is 0. The average molecular weight is 184 g/mol. The van der Waals surface area contributed by atoms with Gasteiger partial charge >= 0.3 is 0 Å². The van der Waals surface area contributed by atoms with Crippen molar-refractivity contribution in [2.75, 3.05) is 32.8 Å². The number of hydrogen-bond acceptors (Lipinski definition) is 3. The Morgan fingerprint density at radius 3 is 1.83 bits per heavy atom. The van der Waals surface area contributed by atoms with Crippen molar-refractivity contribution in [3.8, 4) is 0 Å². The molecule has 0 saturated heterocycles. The minimum Gasteiger partial charge on any atom is -0.395 e. The van der Waals surface area contributed by atoms with Crippen molar-refractivity contribution in [3.63, 3.8) is 0 Å². The van der Waals surface area contributed by atoms with Crippen LogP contribution in [0.2, 0.25) is 0 Å². The van der Waals surface area contributed by atoms with E-state index < -0.39 is 0 Å². The molecule has 0 spiro atoms. The maximum absolute atomic E-state index is 8.64. The van der Waals surface area contributed by atoms with Gasteiger partial charge in [0.1, 0.15) is 0 Å². The van der Waals surface area contributed by atoms with E-state index in [-0.39, 0.29) is 42.8 Å². The van der Waals surface area contributed by atoms with Gasteiger partial charge in [-0.3, -0.25) is 4.90 Å². The summed E-state index contributed by atoms with van der Waals surface area (Å²) in [6.07, 6.45) is 2.30. The van der Waals surface area contributed by atoms with E-state index in [1.807, 2.05) is 0 Å². The van der Waals surface area contributed by atoms with E-state index in [4.69, 9.17) is 10.2 Å². The molecule has 0 amide bonds. The van der Waals surface area contributed by atoms with Gasteiger partial charge in [0.05, 0.1) is 13.2 Å². The Morgan fingerprint density at radius 1 is 1.00 bits per heavy atom. The fourth-order valence-corrected chi connectivity index (χ4v) is 1.000. The normalized spacial score (nSPS) is 10.0. The summed E-state index contributed by atoms with van der Waals surface area (Å²) < 4.78 is 0. The molecule has 0 aromatic heterocycles. The second-order valence-electron chi connectivity index (χ2n) is 2.64. The third kappa shape index (κ3) is 8.97. The molecule has 3 nitrogen and oxygen atoms in total. The van der Waals surface area contributed by atoms with Crippen molar-refractivity contribution >= 4 is 29.6 Å². The van der Waals surface area contributed by atoms with Gasteiger partial charge in [-0.1, -0.05) is 13.3 Å². The Balaban J connectivity index is 0. The standard InChI is InChI=1S/C8H19NO2.Na/c1-2-3-4-9(5-7-10)6-8-11;/h10-11H,2-8H2,1H3;. The molecule has 0 unspecified atom stereocenters. The summed E-state index contributed by atoms with van der Waals surface area (Å²) in [6, 6.07) is 0. The molecule has 0 aliphatic rings. The first-order valence-electron chi connectivity index (χ1n) is 4.29. The van der Waals surface area contributed by atoms with Crippen LogP contribution in [0.4, 0.5) is 0 Å². The molecule has 2 N–H and O–H groups in total.